The van der Waals surface area contributed by atoms with E-state index in [-0.39, 0.29) is 17.0 Å². The third kappa shape index (κ3) is 5.16. The first-order chi connectivity index (χ1) is 14.7. The Bertz CT molecular complexity index is 1070. The van der Waals surface area contributed by atoms with Gasteiger partial charge in [0.15, 0.2) is 5.76 Å². The van der Waals surface area contributed by atoms with Crippen molar-refractivity contribution in [2.24, 2.45) is 0 Å². The Hall–Kier alpha value is -3.95. The van der Waals surface area contributed by atoms with Crippen molar-refractivity contribution in [2.45, 2.75) is 6.18 Å². The summed E-state index contributed by atoms with van der Waals surface area (Å²) in [5.41, 5.74) is -1.68. The van der Waals surface area contributed by atoms with Crippen LogP contribution in [0.3, 0.4) is 0 Å². The molecule has 0 fully saturated rings. The summed E-state index contributed by atoms with van der Waals surface area (Å²) in [5, 5.41) is 4.56. The minimum atomic E-state index is -4.79. The monoisotopic (exact) mass is 434 g/mol. The molecule has 0 aliphatic heterocycles. The zero-order valence-corrected chi connectivity index (χ0v) is 16.4. The normalized spacial score (nSPS) is 11.0. The van der Waals surface area contributed by atoms with Crippen molar-refractivity contribution in [3.8, 4) is 11.5 Å². The molecule has 3 aromatic rings. The van der Waals surface area contributed by atoms with Crippen LogP contribution in [0.1, 0.15) is 26.5 Å². The molecule has 0 unspecified atom stereocenters. The van der Waals surface area contributed by atoms with Crippen LogP contribution in [-0.4, -0.2) is 26.0 Å². The number of halogens is 3. The van der Waals surface area contributed by atoms with E-state index < -0.39 is 29.2 Å². The molecule has 31 heavy (non-hydrogen) atoms. The lowest BCUT2D eigenvalue weighted by Gasteiger charge is -2.16. The number of furan rings is 1. The van der Waals surface area contributed by atoms with E-state index in [1.165, 1.54) is 56.9 Å². The molecule has 0 bridgehead atoms. The number of hydrogen-bond acceptors (Lipinski definition) is 5. The van der Waals surface area contributed by atoms with Crippen molar-refractivity contribution in [2.75, 3.05) is 24.9 Å². The maximum atomic E-state index is 13.6. The van der Waals surface area contributed by atoms with Crippen LogP contribution in [0.15, 0.2) is 59.2 Å². The Kier molecular flexibility index (Phi) is 6.19. The summed E-state index contributed by atoms with van der Waals surface area (Å²) in [6.45, 7) is 0. The topological polar surface area (TPSA) is 89.8 Å². The molecule has 0 saturated carbocycles. The Morgan fingerprint density at radius 1 is 0.903 bits per heavy atom. The van der Waals surface area contributed by atoms with Crippen LogP contribution in [0.5, 0.6) is 11.5 Å². The number of nitrogens with one attached hydrogen (secondary N) is 2. The molecule has 2 amide bonds. The fourth-order valence-corrected chi connectivity index (χ4v) is 2.70. The van der Waals surface area contributed by atoms with Crippen molar-refractivity contribution >= 4 is 23.2 Å². The van der Waals surface area contributed by atoms with Gasteiger partial charge in [-0.05, 0) is 42.5 Å². The molecule has 0 saturated heterocycles. The number of rotatable bonds is 6. The minimum absolute atomic E-state index is 0.0412. The molecule has 1 aromatic heterocycles. The summed E-state index contributed by atoms with van der Waals surface area (Å²) in [7, 11) is 2.77. The van der Waals surface area contributed by atoms with E-state index in [1.807, 2.05) is 0 Å². The Morgan fingerprint density at radius 2 is 1.58 bits per heavy atom. The van der Waals surface area contributed by atoms with Gasteiger partial charge in [-0.1, -0.05) is 0 Å². The number of amides is 2. The highest BCUT2D eigenvalue weighted by molar-refractivity contribution is 6.06. The third-order valence-electron chi connectivity index (χ3n) is 4.19. The van der Waals surface area contributed by atoms with Crippen LogP contribution in [0.4, 0.5) is 24.5 Å². The fraction of sp³-hybridized carbons (Fsp3) is 0.143. The summed E-state index contributed by atoms with van der Waals surface area (Å²) in [6.07, 6.45) is -3.53. The zero-order valence-electron chi connectivity index (χ0n) is 16.4. The molecule has 7 nitrogen and oxygen atoms in total. The second-order valence-electron chi connectivity index (χ2n) is 6.25. The van der Waals surface area contributed by atoms with E-state index in [4.69, 9.17) is 13.9 Å². The van der Waals surface area contributed by atoms with Crippen molar-refractivity contribution in [1.82, 2.24) is 0 Å². The van der Waals surface area contributed by atoms with E-state index in [1.54, 1.807) is 0 Å². The average Bonchev–Trinajstić information content (AvgIpc) is 3.28. The van der Waals surface area contributed by atoms with Crippen LogP contribution in [0.25, 0.3) is 0 Å². The lowest BCUT2D eigenvalue weighted by Crippen LogP contribution is -2.18. The van der Waals surface area contributed by atoms with Gasteiger partial charge >= 0.3 is 6.18 Å². The van der Waals surface area contributed by atoms with E-state index in [9.17, 15) is 22.8 Å². The van der Waals surface area contributed by atoms with Gasteiger partial charge in [-0.3, -0.25) is 9.59 Å². The molecule has 0 aliphatic rings. The summed E-state index contributed by atoms with van der Waals surface area (Å²) in [4.78, 5) is 24.6. The van der Waals surface area contributed by atoms with E-state index in [2.05, 4.69) is 10.6 Å². The number of hydrogen-bond donors (Lipinski definition) is 2. The fourth-order valence-electron chi connectivity index (χ4n) is 2.70. The molecular formula is C21H17F3N2O5. The minimum Gasteiger partial charge on any atom is -0.497 e. The van der Waals surface area contributed by atoms with Gasteiger partial charge in [0.1, 0.15) is 11.5 Å². The highest BCUT2D eigenvalue weighted by atomic mass is 19.4. The van der Waals surface area contributed by atoms with Gasteiger partial charge < -0.3 is 24.5 Å². The molecule has 1 heterocycles. The molecule has 0 radical (unpaired) electrons. The van der Waals surface area contributed by atoms with Gasteiger partial charge in [-0.15, -0.1) is 0 Å². The van der Waals surface area contributed by atoms with Gasteiger partial charge in [-0.2, -0.15) is 13.2 Å². The second-order valence-corrected chi connectivity index (χ2v) is 6.25. The predicted molar refractivity (Wildman–Crippen MR) is 106 cm³/mol. The first-order valence-electron chi connectivity index (χ1n) is 8.82. The Morgan fingerprint density at radius 3 is 2.13 bits per heavy atom. The number of alkyl halides is 3. The van der Waals surface area contributed by atoms with Crippen molar-refractivity contribution < 1.29 is 36.7 Å². The van der Waals surface area contributed by atoms with Gasteiger partial charge in [0.05, 0.1) is 31.7 Å². The SMILES string of the molecule is COc1cc(OC)cc(C(=O)Nc2ccc(NC(=O)c3ccco3)cc2C(F)(F)F)c1. The van der Waals surface area contributed by atoms with Gasteiger partial charge in [0.2, 0.25) is 0 Å². The molecular weight excluding hydrogens is 417 g/mol. The Balaban J connectivity index is 1.88. The quantitative estimate of drug-likeness (QED) is 0.581. The maximum absolute atomic E-state index is 13.6. The lowest BCUT2D eigenvalue weighted by molar-refractivity contribution is -0.136. The van der Waals surface area contributed by atoms with Crippen LogP contribution >= 0.6 is 0 Å². The smallest absolute Gasteiger partial charge is 0.418 e. The summed E-state index contributed by atoms with van der Waals surface area (Å²) in [5.74, 6) is -0.959. The number of carbonyl (C=O) groups is 2. The lowest BCUT2D eigenvalue weighted by atomic mass is 10.1. The third-order valence-corrected chi connectivity index (χ3v) is 4.19. The highest BCUT2D eigenvalue weighted by Gasteiger charge is 2.34. The van der Waals surface area contributed by atoms with Gasteiger partial charge in [0, 0.05) is 17.3 Å². The van der Waals surface area contributed by atoms with Crippen molar-refractivity contribution in [3.05, 3.63) is 71.7 Å². The number of ether oxygens (including phenoxy) is 2. The molecule has 2 N–H and O–H groups in total. The van der Waals surface area contributed by atoms with Crippen LogP contribution < -0.4 is 20.1 Å². The number of methoxy groups -OCH3 is 2. The predicted octanol–water partition coefficient (Wildman–Crippen LogP) is 4.82. The number of benzene rings is 2. The van der Waals surface area contributed by atoms with Gasteiger partial charge in [0.25, 0.3) is 11.8 Å². The maximum Gasteiger partial charge on any atom is 0.418 e. The van der Waals surface area contributed by atoms with E-state index in [0.29, 0.717) is 11.5 Å². The number of carbonyl (C=O) groups excluding carboxylic acids is 2. The first kappa shape index (κ1) is 21.8. The first-order valence-corrected chi connectivity index (χ1v) is 8.82. The summed E-state index contributed by atoms with van der Waals surface area (Å²) in [6, 6.07) is 10.1. The molecule has 10 heteroatoms. The largest absolute Gasteiger partial charge is 0.497 e. The second kappa shape index (κ2) is 8.82. The van der Waals surface area contributed by atoms with Gasteiger partial charge in [-0.25, -0.2) is 0 Å². The van der Waals surface area contributed by atoms with E-state index in [0.717, 1.165) is 12.1 Å². The number of anilines is 2. The molecule has 0 atom stereocenters. The van der Waals surface area contributed by atoms with Crippen LogP contribution in [-0.2, 0) is 6.18 Å². The molecule has 3 rings (SSSR count). The van der Waals surface area contributed by atoms with E-state index >= 15 is 0 Å². The molecule has 0 spiro atoms. The summed E-state index contributed by atoms with van der Waals surface area (Å²) >= 11 is 0. The summed E-state index contributed by atoms with van der Waals surface area (Å²) < 4.78 is 55.9. The zero-order chi connectivity index (χ0) is 22.6. The molecule has 162 valence electrons. The van der Waals surface area contributed by atoms with Crippen molar-refractivity contribution in [3.63, 3.8) is 0 Å². The average molecular weight is 434 g/mol. The molecule has 2 aromatic carbocycles. The molecule has 0 aliphatic carbocycles. The van der Waals surface area contributed by atoms with Crippen LogP contribution in [0.2, 0.25) is 0 Å². The highest BCUT2D eigenvalue weighted by Crippen LogP contribution is 2.37. The standard InChI is InChI=1S/C21H17F3N2O5/c1-29-14-8-12(9-15(11-14)30-2)19(27)26-17-6-5-13(10-16(17)21(22,23)24)25-20(28)18-4-3-7-31-18/h3-11H,1-2H3,(H,25,28)(H,26,27). The van der Waals surface area contributed by atoms with Crippen LogP contribution in [0, 0.1) is 0 Å². The Labute approximate surface area is 174 Å². The van der Waals surface area contributed by atoms with Crippen molar-refractivity contribution in [1.29, 1.82) is 0 Å².